The number of carbonyl (C=O) groups is 1. The minimum Gasteiger partial charge on any atom is -0.469 e. The smallest absolute Gasteiger partial charge is 0.311 e. The molecule has 0 radical (unpaired) electrons. The van der Waals surface area contributed by atoms with Gasteiger partial charge in [-0.25, -0.2) is 0 Å². The van der Waals surface area contributed by atoms with Gasteiger partial charge in [-0.2, -0.15) is 0 Å². The van der Waals surface area contributed by atoms with Crippen LogP contribution in [0.3, 0.4) is 0 Å². The molecule has 4 nitrogen and oxygen atoms in total. The molecule has 6 aliphatic rings. The molecule has 1 unspecified atom stereocenters. The Balaban J connectivity index is 1.65. The van der Waals surface area contributed by atoms with E-state index >= 15 is 0 Å². The topological polar surface area (TPSA) is 42.8 Å². The second-order valence-electron chi connectivity index (χ2n) is 9.20. The van der Waals surface area contributed by atoms with Crippen LogP contribution >= 0.6 is 0 Å². The van der Waals surface area contributed by atoms with Crippen molar-refractivity contribution in [3.8, 4) is 0 Å². The number of benzene rings is 1. The molecule has 5 fully saturated rings. The zero-order valence-electron chi connectivity index (χ0n) is 14.9. The number of anilines is 1. The van der Waals surface area contributed by atoms with Crippen molar-refractivity contribution in [1.82, 2.24) is 0 Å². The van der Waals surface area contributed by atoms with Gasteiger partial charge in [-0.15, -0.1) is 0 Å². The van der Waals surface area contributed by atoms with Crippen LogP contribution in [0, 0.1) is 11.3 Å². The van der Waals surface area contributed by atoms with Gasteiger partial charge in [0.25, 0.3) is 0 Å². The van der Waals surface area contributed by atoms with E-state index in [9.17, 15) is 4.79 Å². The van der Waals surface area contributed by atoms with Crippen LogP contribution in [-0.4, -0.2) is 37.7 Å². The van der Waals surface area contributed by atoms with E-state index < -0.39 is 0 Å². The first-order chi connectivity index (χ1) is 12.2. The standard InChI is InChI=1S/C21H26N2O2/c1-25-17(24)15-13-19-7-4-11-23-12-10-20(18(19)23)14-5-2-3-6-16(14)22-21(15,20)9-8-19/h2-3,5-6,15,18,22H,4,7-13H2,1H3/p+1/t15-,18-,19-,20-,21-/m1/s1. The first-order valence-corrected chi connectivity index (χ1v) is 9.97. The summed E-state index contributed by atoms with van der Waals surface area (Å²) in [5.74, 6) is 0.00331. The van der Waals surface area contributed by atoms with E-state index in [1.54, 1.807) is 7.11 Å². The number of quaternary nitrogens is 1. The summed E-state index contributed by atoms with van der Waals surface area (Å²) in [5.41, 5.74) is 3.10. The van der Waals surface area contributed by atoms with Crippen LogP contribution in [0.2, 0.25) is 0 Å². The molecule has 25 heavy (non-hydrogen) atoms. The Morgan fingerprint density at radius 3 is 2.96 bits per heavy atom. The predicted molar refractivity (Wildman–Crippen MR) is 94.6 cm³/mol. The normalized spacial score (nSPS) is 48.3. The van der Waals surface area contributed by atoms with Crippen molar-refractivity contribution < 1.29 is 14.4 Å². The highest BCUT2D eigenvalue weighted by Gasteiger charge is 2.81. The molecule has 1 aromatic rings. The molecule has 0 aromatic heterocycles. The van der Waals surface area contributed by atoms with Crippen LogP contribution in [0.15, 0.2) is 24.3 Å². The first kappa shape index (κ1) is 14.6. The Morgan fingerprint density at radius 2 is 2.08 bits per heavy atom. The van der Waals surface area contributed by atoms with Crippen LogP contribution in [0.4, 0.5) is 5.69 Å². The fourth-order valence-corrected chi connectivity index (χ4v) is 8.28. The van der Waals surface area contributed by atoms with E-state index in [-0.39, 0.29) is 22.8 Å². The molecule has 2 bridgehead atoms. The third-order valence-electron chi connectivity index (χ3n) is 8.80. The number of hydrogen-bond donors (Lipinski definition) is 2. The molecular formula is C21H27N2O2+. The monoisotopic (exact) mass is 339 g/mol. The molecule has 1 aromatic carbocycles. The maximum atomic E-state index is 12.9. The summed E-state index contributed by atoms with van der Waals surface area (Å²) in [6.07, 6.45) is 7.25. The van der Waals surface area contributed by atoms with Crippen LogP contribution < -0.4 is 10.2 Å². The molecular weight excluding hydrogens is 312 g/mol. The minimum atomic E-state index is -0.130. The summed E-state index contributed by atoms with van der Waals surface area (Å²) in [4.78, 5) is 14.7. The highest BCUT2D eigenvalue weighted by atomic mass is 16.5. The average molecular weight is 339 g/mol. The van der Waals surface area contributed by atoms with Gasteiger partial charge in [-0.05, 0) is 43.7 Å². The van der Waals surface area contributed by atoms with Gasteiger partial charge in [-0.1, -0.05) is 18.2 Å². The summed E-state index contributed by atoms with van der Waals surface area (Å²) in [5, 5.41) is 3.94. The molecule has 4 heteroatoms. The Labute approximate surface area is 148 Å². The number of esters is 1. The number of para-hydroxylation sites is 1. The Bertz CT molecular complexity index is 779. The van der Waals surface area contributed by atoms with Crippen molar-refractivity contribution in [1.29, 1.82) is 0 Å². The Morgan fingerprint density at radius 1 is 1.20 bits per heavy atom. The number of rotatable bonds is 1. The van der Waals surface area contributed by atoms with E-state index in [2.05, 4.69) is 29.6 Å². The zero-order chi connectivity index (χ0) is 16.9. The molecule has 3 aliphatic carbocycles. The van der Waals surface area contributed by atoms with Crippen LogP contribution in [0.5, 0.6) is 0 Å². The third kappa shape index (κ3) is 1.38. The van der Waals surface area contributed by atoms with E-state index in [0.717, 1.165) is 12.8 Å². The molecule has 2 N–H and O–H groups in total. The Kier molecular flexibility index (Phi) is 2.57. The second-order valence-corrected chi connectivity index (χ2v) is 9.20. The third-order valence-corrected chi connectivity index (χ3v) is 8.80. The van der Waals surface area contributed by atoms with Crippen molar-refractivity contribution in [2.75, 3.05) is 25.5 Å². The van der Waals surface area contributed by atoms with E-state index in [4.69, 9.17) is 4.74 Å². The fraction of sp³-hybridized carbons (Fsp3) is 0.667. The quantitative estimate of drug-likeness (QED) is 0.763. The van der Waals surface area contributed by atoms with E-state index in [1.165, 1.54) is 50.0 Å². The maximum absolute atomic E-state index is 12.9. The first-order valence-electron chi connectivity index (χ1n) is 9.97. The molecule has 2 saturated heterocycles. The fourth-order valence-electron chi connectivity index (χ4n) is 8.28. The van der Waals surface area contributed by atoms with Crippen molar-refractivity contribution in [3.05, 3.63) is 29.8 Å². The van der Waals surface area contributed by atoms with Gasteiger partial charge >= 0.3 is 5.97 Å². The number of methoxy groups -OCH3 is 1. The molecule has 7 rings (SSSR count). The lowest BCUT2D eigenvalue weighted by molar-refractivity contribution is -0.931. The van der Waals surface area contributed by atoms with Crippen molar-refractivity contribution >= 4 is 11.7 Å². The van der Waals surface area contributed by atoms with Gasteiger partial charge in [0.2, 0.25) is 0 Å². The molecule has 3 aliphatic heterocycles. The summed E-state index contributed by atoms with van der Waals surface area (Å²) in [6.45, 7) is 2.58. The average Bonchev–Trinajstić information content (AvgIpc) is 3.19. The van der Waals surface area contributed by atoms with Gasteiger partial charge in [0.05, 0.1) is 37.1 Å². The predicted octanol–water partition coefficient (Wildman–Crippen LogP) is 1.51. The number of ether oxygens (including phenoxy) is 1. The SMILES string of the molecule is COC(=O)[C@H]1C[C@@]23CCC[NH+]4CC[C@@]5(c6ccccc6N[C@]15CC2)[C@H]43. The number of carbonyl (C=O) groups excluding carboxylic acids is 1. The van der Waals surface area contributed by atoms with Crippen molar-refractivity contribution in [3.63, 3.8) is 0 Å². The lowest BCUT2D eigenvalue weighted by Gasteiger charge is -2.66. The number of piperidine rings is 1. The largest absolute Gasteiger partial charge is 0.469 e. The molecule has 3 heterocycles. The van der Waals surface area contributed by atoms with Gasteiger partial charge in [-0.3, -0.25) is 4.79 Å². The zero-order valence-corrected chi connectivity index (χ0v) is 14.9. The van der Waals surface area contributed by atoms with Gasteiger partial charge < -0.3 is 15.0 Å². The van der Waals surface area contributed by atoms with Crippen molar-refractivity contribution in [2.45, 2.75) is 55.5 Å². The van der Waals surface area contributed by atoms with Crippen molar-refractivity contribution in [2.24, 2.45) is 11.3 Å². The molecule has 0 amide bonds. The Hall–Kier alpha value is -1.55. The molecule has 3 saturated carbocycles. The van der Waals surface area contributed by atoms with E-state index in [0.29, 0.717) is 11.5 Å². The highest BCUT2D eigenvalue weighted by molar-refractivity contribution is 5.80. The molecule has 6 atom stereocenters. The number of hydrogen-bond acceptors (Lipinski definition) is 3. The van der Waals surface area contributed by atoms with Crippen LogP contribution in [-0.2, 0) is 14.9 Å². The van der Waals surface area contributed by atoms with Crippen LogP contribution in [0.25, 0.3) is 0 Å². The molecule has 3 spiro atoms. The lowest BCUT2D eigenvalue weighted by atomic mass is 9.39. The highest BCUT2D eigenvalue weighted by Crippen LogP contribution is 2.71. The minimum absolute atomic E-state index is 0.00708. The van der Waals surface area contributed by atoms with Gasteiger partial charge in [0.15, 0.2) is 0 Å². The summed E-state index contributed by atoms with van der Waals surface area (Å²) < 4.78 is 5.34. The summed E-state index contributed by atoms with van der Waals surface area (Å²) in [6, 6.07) is 9.58. The number of fused-ring (bicyclic) bond motifs is 3. The van der Waals surface area contributed by atoms with E-state index in [1.807, 2.05) is 4.90 Å². The number of nitrogens with one attached hydrogen (secondary N) is 2. The second kappa shape index (κ2) is 4.40. The molecule has 132 valence electrons. The lowest BCUT2D eigenvalue weighted by Crippen LogP contribution is -3.18. The van der Waals surface area contributed by atoms with Gasteiger partial charge in [0, 0.05) is 17.5 Å². The summed E-state index contributed by atoms with van der Waals surface area (Å²) >= 11 is 0. The van der Waals surface area contributed by atoms with Crippen LogP contribution in [0.1, 0.15) is 44.1 Å². The summed E-state index contributed by atoms with van der Waals surface area (Å²) in [7, 11) is 1.57. The maximum Gasteiger partial charge on any atom is 0.311 e. The van der Waals surface area contributed by atoms with Gasteiger partial charge in [0.1, 0.15) is 6.04 Å².